The van der Waals surface area contributed by atoms with Crippen molar-refractivity contribution < 1.29 is 0 Å². The maximum Gasteiger partial charge on any atom is 0.0473 e. The lowest BCUT2D eigenvalue weighted by Crippen LogP contribution is -2.41. The number of nitrogens with zero attached hydrogens (tertiary/aromatic N) is 1. The number of rotatable bonds is 5. The van der Waals surface area contributed by atoms with E-state index >= 15 is 0 Å². The Morgan fingerprint density at radius 3 is 2.56 bits per heavy atom. The number of hydrogen-bond donors (Lipinski definition) is 1. The molecule has 0 amide bonds. The molecule has 18 heavy (non-hydrogen) atoms. The summed E-state index contributed by atoms with van der Waals surface area (Å²) in [7, 11) is 0. The molecule has 1 unspecified atom stereocenters. The second kappa shape index (κ2) is 6.09. The lowest BCUT2D eigenvalue weighted by atomic mass is 10.1. The Balaban J connectivity index is 1.69. The van der Waals surface area contributed by atoms with Gasteiger partial charge in [0.15, 0.2) is 0 Å². The average Bonchev–Trinajstić information content (AvgIpc) is 3.26. The van der Waals surface area contributed by atoms with Crippen molar-refractivity contribution in [3.63, 3.8) is 0 Å². The molecule has 2 nitrogen and oxygen atoms in total. The van der Waals surface area contributed by atoms with Gasteiger partial charge in [-0.05, 0) is 18.4 Å². The molecule has 0 bridgehead atoms. The third kappa shape index (κ3) is 3.28. The van der Waals surface area contributed by atoms with Gasteiger partial charge in [-0.15, -0.1) is 0 Å². The quantitative estimate of drug-likeness (QED) is 0.878. The van der Waals surface area contributed by atoms with Crippen LogP contribution < -0.4 is 5.32 Å². The highest BCUT2D eigenvalue weighted by atomic mass is 32.2. The topological polar surface area (TPSA) is 15.3 Å². The van der Waals surface area contributed by atoms with E-state index in [0.717, 1.165) is 12.6 Å². The Hall–Kier alpha value is -0.510. The molecule has 1 N–H and O–H groups in total. The van der Waals surface area contributed by atoms with Crippen LogP contribution in [0.25, 0.3) is 0 Å². The molecule has 3 rings (SSSR count). The van der Waals surface area contributed by atoms with Crippen molar-refractivity contribution in [1.82, 2.24) is 10.2 Å². The summed E-state index contributed by atoms with van der Waals surface area (Å²) in [5, 5.41) is 3.70. The molecule has 1 saturated carbocycles. The summed E-state index contributed by atoms with van der Waals surface area (Å²) in [6.07, 6.45) is 2.74. The second-order valence-corrected chi connectivity index (χ2v) is 6.48. The summed E-state index contributed by atoms with van der Waals surface area (Å²) in [4.78, 5) is 2.65. The van der Waals surface area contributed by atoms with Crippen LogP contribution in [0, 0.1) is 0 Å². The fourth-order valence-electron chi connectivity index (χ4n) is 2.59. The molecule has 3 heteroatoms. The highest BCUT2D eigenvalue weighted by Crippen LogP contribution is 2.25. The molecule has 1 aromatic carbocycles. The third-order valence-corrected chi connectivity index (χ3v) is 4.79. The molecule has 1 aliphatic heterocycles. The predicted octanol–water partition coefficient (Wildman–Crippen LogP) is 2.53. The number of thioether (sulfide) groups is 1. The van der Waals surface area contributed by atoms with Crippen molar-refractivity contribution in [3.05, 3.63) is 35.9 Å². The third-order valence-electron chi connectivity index (χ3n) is 3.85. The van der Waals surface area contributed by atoms with E-state index in [1.807, 2.05) is 0 Å². The van der Waals surface area contributed by atoms with Crippen LogP contribution in [0.1, 0.15) is 24.4 Å². The normalized spacial score (nSPS) is 22.9. The van der Waals surface area contributed by atoms with Gasteiger partial charge in [-0.2, -0.15) is 11.8 Å². The van der Waals surface area contributed by atoms with E-state index in [0.29, 0.717) is 6.04 Å². The predicted molar refractivity (Wildman–Crippen MR) is 79.1 cm³/mol. The minimum Gasteiger partial charge on any atom is -0.312 e. The van der Waals surface area contributed by atoms with Gasteiger partial charge in [0.05, 0.1) is 0 Å². The Bertz CT molecular complexity index is 358. The first kappa shape index (κ1) is 12.5. The number of hydrogen-bond acceptors (Lipinski definition) is 3. The van der Waals surface area contributed by atoms with E-state index in [1.54, 1.807) is 0 Å². The summed E-state index contributed by atoms with van der Waals surface area (Å²) in [6, 6.07) is 12.4. The van der Waals surface area contributed by atoms with Crippen LogP contribution in [0.4, 0.5) is 0 Å². The van der Waals surface area contributed by atoms with E-state index in [2.05, 4.69) is 52.3 Å². The minimum absolute atomic E-state index is 0.563. The van der Waals surface area contributed by atoms with Gasteiger partial charge in [0, 0.05) is 43.2 Å². The summed E-state index contributed by atoms with van der Waals surface area (Å²) in [6.45, 7) is 3.58. The highest BCUT2D eigenvalue weighted by Gasteiger charge is 2.26. The molecule has 1 aliphatic carbocycles. The summed E-state index contributed by atoms with van der Waals surface area (Å²) in [5.74, 6) is 2.57. The fraction of sp³-hybridized carbons (Fsp3) is 0.600. The summed E-state index contributed by atoms with van der Waals surface area (Å²) in [5.41, 5.74) is 1.47. The van der Waals surface area contributed by atoms with Gasteiger partial charge in [-0.25, -0.2) is 0 Å². The summed E-state index contributed by atoms with van der Waals surface area (Å²) >= 11 is 2.09. The molecule has 1 heterocycles. The van der Waals surface area contributed by atoms with E-state index in [-0.39, 0.29) is 0 Å². The molecular formula is C15H22N2S. The van der Waals surface area contributed by atoms with E-state index in [9.17, 15) is 0 Å². The molecule has 1 saturated heterocycles. The van der Waals surface area contributed by atoms with Gasteiger partial charge in [-0.1, -0.05) is 30.3 Å². The standard InChI is InChI=1S/C15H22N2S/c1-2-4-13(5-3-1)15(12-16-14-6-7-14)17-8-10-18-11-9-17/h1-5,14-16H,6-12H2. The van der Waals surface area contributed by atoms with Crippen molar-refractivity contribution in [3.8, 4) is 0 Å². The van der Waals surface area contributed by atoms with Gasteiger partial charge in [-0.3, -0.25) is 4.90 Å². The highest BCUT2D eigenvalue weighted by molar-refractivity contribution is 7.99. The molecule has 0 radical (unpaired) electrons. The smallest absolute Gasteiger partial charge is 0.0473 e. The van der Waals surface area contributed by atoms with Gasteiger partial charge < -0.3 is 5.32 Å². The molecule has 2 fully saturated rings. The van der Waals surface area contributed by atoms with Crippen LogP contribution in [0.5, 0.6) is 0 Å². The Morgan fingerprint density at radius 1 is 1.17 bits per heavy atom. The summed E-state index contributed by atoms with van der Waals surface area (Å²) < 4.78 is 0. The van der Waals surface area contributed by atoms with Crippen LogP contribution in [0.2, 0.25) is 0 Å². The fourth-order valence-corrected chi connectivity index (χ4v) is 3.52. The first-order valence-corrected chi connectivity index (χ1v) is 8.19. The van der Waals surface area contributed by atoms with Crippen LogP contribution in [-0.2, 0) is 0 Å². The van der Waals surface area contributed by atoms with Crippen molar-refractivity contribution >= 4 is 11.8 Å². The monoisotopic (exact) mass is 262 g/mol. The number of benzene rings is 1. The molecule has 1 aromatic rings. The van der Waals surface area contributed by atoms with Gasteiger partial charge in [0.25, 0.3) is 0 Å². The van der Waals surface area contributed by atoms with Gasteiger partial charge in [0.2, 0.25) is 0 Å². The molecule has 1 atom stereocenters. The Kier molecular flexibility index (Phi) is 4.24. The molecule has 2 aliphatic rings. The van der Waals surface area contributed by atoms with Crippen LogP contribution in [0.15, 0.2) is 30.3 Å². The van der Waals surface area contributed by atoms with E-state index in [1.165, 1.54) is 43.0 Å². The lowest BCUT2D eigenvalue weighted by molar-refractivity contribution is 0.212. The Labute approximate surface area is 114 Å². The van der Waals surface area contributed by atoms with Crippen molar-refractivity contribution in [2.45, 2.75) is 24.9 Å². The molecule has 0 spiro atoms. The largest absolute Gasteiger partial charge is 0.312 e. The molecular weight excluding hydrogens is 240 g/mol. The first-order chi connectivity index (χ1) is 8.93. The van der Waals surface area contributed by atoms with Crippen molar-refractivity contribution in [1.29, 1.82) is 0 Å². The van der Waals surface area contributed by atoms with Gasteiger partial charge >= 0.3 is 0 Å². The maximum atomic E-state index is 3.70. The lowest BCUT2D eigenvalue weighted by Gasteiger charge is -2.35. The van der Waals surface area contributed by atoms with Crippen molar-refractivity contribution in [2.75, 3.05) is 31.1 Å². The van der Waals surface area contributed by atoms with Gasteiger partial charge in [0.1, 0.15) is 0 Å². The average molecular weight is 262 g/mol. The zero-order valence-electron chi connectivity index (χ0n) is 10.8. The maximum absolute atomic E-state index is 3.70. The van der Waals surface area contributed by atoms with E-state index in [4.69, 9.17) is 0 Å². The first-order valence-electron chi connectivity index (χ1n) is 7.03. The SMILES string of the molecule is c1ccc(C(CNC2CC2)N2CCSCC2)cc1. The zero-order valence-corrected chi connectivity index (χ0v) is 11.7. The van der Waals surface area contributed by atoms with E-state index < -0.39 is 0 Å². The number of nitrogens with one attached hydrogen (secondary N) is 1. The van der Waals surface area contributed by atoms with Crippen LogP contribution in [0.3, 0.4) is 0 Å². The van der Waals surface area contributed by atoms with Crippen LogP contribution >= 0.6 is 11.8 Å². The van der Waals surface area contributed by atoms with Crippen molar-refractivity contribution in [2.24, 2.45) is 0 Å². The second-order valence-electron chi connectivity index (χ2n) is 5.26. The Morgan fingerprint density at radius 2 is 1.89 bits per heavy atom. The van der Waals surface area contributed by atoms with Crippen LogP contribution in [-0.4, -0.2) is 42.1 Å². The molecule has 98 valence electrons. The minimum atomic E-state index is 0.563. The molecule has 0 aromatic heterocycles. The zero-order chi connectivity index (χ0) is 12.2.